The molecule has 0 heterocycles. The molecule has 0 aromatic heterocycles. The molecule has 29 heavy (non-hydrogen) atoms. The first-order valence-corrected chi connectivity index (χ1v) is 8.98. The van der Waals surface area contributed by atoms with Gasteiger partial charge in [-0.15, -0.1) is 0 Å². The van der Waals surface area contributed by atoms with Crippen molar-refractivity contribution >= 4 is 11.9 Å². The maximum atomic E-state index is 12.3. The number of carbonyl (C=O) groups is 2. The summed E-state index contributed by atoms with van der Waals surface area (Å²) in [5.41, 5.74) is 0.231. The number of carbonyl (C=O) groups excluding carboxylic acids is 2. The first kappa shape index (κ1) is 21.8. The van der Waals surface area contributed by atoms with Gasteiger partial charge in [0.2, 0.25) is 0 Å². The van der Waals surface area contributed by atoms with Crippen molar-refractivity contribution in [2.24, 2.45) is 0 Å². The van der Waals surface area contributed by atoms with Gasteiger partial charge in [0.1, 0.15) is 12.1 Å². The predicted molar refractivity (Wildman–Crippen MR) is 107 cm³/mol. The fourth-order valence-electron chi connectivity index (χ4n) is 2.34. The minimum absolute atomic E-state index is 0.226. The lowest BCUT2D eigenvalue weighted by molar-refractivity contribution is -0.136. The Morgan fingerprint density at radius 3 is 2.41 bits per heavy atom. The normalized spacial score (nSPS) is 10.6. The van der Waals surface area contributed by atoms with Crippen LogP contribution in [0, 0.1) is 11.3 Å². The zero-order chi connectivity index (χ0) is 21.4. The number of hydrogen-bond donors (Lipinski definition) is 0. The summed E-state index contributed by atoms with van der Waals surface area (Å²) < 4.78 is 16.1. The molecule has 152 valence electrons. The van der Waals surface area contributed by atoms with E-state index in [0.29, 0.717) is 18.1 Å². The highest BCUT2D eigenvalue weighted by Crippen LogP contribution is 2.29. The van der Waals surface area contributed by atoms with Crippen LogP contribution < -0.4 is 9.47 Å². The summed E-state index contributed by atoms with van der Waals surface area (Å²) in [6.45, 7) is 3.10. The molecular formula is C22H24N2O5. The van der Waals surface area contributed by atoms with Crippen LogP contribution >= 0.6 is 0 Å². The number of hydrogen-bond acceptors (Lipinski definition) is 6. The molecule has 0 bridgehead atoms. The van der Waals surface area contributed by atoms with Crippen molar-refractivity contribution in [1.29, 1.82) is 5.26 Å². The summed E-state index contributed by atoms with van der Waals surface area (Å²) in [5.74, 6) is -0.280. The van der Waals surface area contributed by atoms with Crippen LogP contribution in [-0.4, -0.2) is 43.1 Å². The topological polar surface area (TPSA) is 88.9 Å². The molecule has 0 fully saturated rings. The fourth-order valence-corrected chi connectivity index (χ4v) is 2.34. The molecule has 0 N–H and O–H groups in total. The third kappa shape index (κ3) is 5.72. The maximum Gasteiger partial charge on any atom is 0.338 e. The van der Waals surface area contributed by atoms with Crippen LogP contribution in [0.5, 0.6) is 11.5 Å². The summed E-state index contributed by atoms with van der Waals surface area (Å²) in [6.07, 6.45) is 0. The molecule has 0 radical (unpaired) electrons. The van der Waals surface area contributed by atoms with Crippen LogP contribution in [0.3, 0.4) is 0 Å². The molecular weight excluding hydrogens is 372 g/mol. The highest BCUT2D eigenvalue weighted by molar-refractivity contribution is 5.92. The number of rotatable bonds is 8. The van der Waals surface area contributed by atoms with E-state index in [1.165, 1.54) is 25.1 Å². The Bertz CT molecular complexity index is 903. The van der Waals surface area contributed by atoms with Gasteiger partial charge in [-0.2, -0.15) is 5.26 Å². The van der Waals surface area contributed by atoms with Crippen molar-refractivity contribution in [3.05, 3.63) is 59.7 Å². The third-order valence-electron chi connectivity index (χ3n) is 4.45. The molecule has 0 spiro atoms. The van der Waals surface area contributed by atoms with Gasteiger partial charge < -0.3 is 19.1 Å². The molecule has 2 aromatic rings. The Labute approximate surface area is 170 Å². The number of nitriles is 1. The lowest BCUT2D eigenvalue weighted by atomic mass is 10.1. The minimum atomic E-state index is -0.996. The van der Waals surface area contributed by atoms with Gasteiger partial charge in [-0.3, -0.25) is 4.79 Å². The third-order valence-corrected chi connectivity index (χ3v) is 4.45. The maximum absolute atomic E-state index is 12.3. The highest BCUT2D eigenvalue weighted by atomic mass is 16.5. The molecule has 7 nitrogen and oxygen atoms in total. The lowest BCUT2D eigenvalue weighted by Crippen LogP contribution is -2.45. The van der Waals surface area contributed by atoms with E-state index in [9.17, 15) is 9.59 Å². The number of benzene rings is 2. The van der Waals surface area contributed by atoms with E-state index in [0.717, 1.165) is 5.56 Å². The Balaban J connectivity index is 2.00. The van der Waals surface area contributed by atoms with Crippen molar-refractivity contribution in [3.8, 4) is 17.6 Å². The Kier molecular flexibility index (Phi) is 7.21. The van der Waals surface area contributed by atoms with Crippen LogP contribution in [0.25, 0.3) is 0 Å². The van der Waals surface area contributed by atoms with Crippen molar-refractivity contribution in [1.82, 2.24) is 4.90 Å². The summed E-state index contributed by atoms with van der Waals surface area (Å²) >= 11 is 0. The van der Waals surface area contributed by atoms with Gasteiger partial charge in [0.05, 0.1) is 18.7 Å². The SMILES string of the molecule is COc1cc(C(=O)OCC(=O)N(C)C(C)(C)C#N)ccc1OCc1ccccc1. The van der Waals surface area contributed by atoms with Gasteiger partial charge in [-0.05, 0) is 37.6 Å². The van der Waals surface area contributed by atoms with E-state index in [1.807, 2.05) is 36.4 Å². The van der Waals surface area contributed by atoms with Crippen LogP contribution in [-0.2, 0) is 16.1 Å². The molecule has 0 aliphatic rings. The Hall–Kier alpha value is -3.53. The highest BCUT2D eigenvalue weighted by Gasteiger charge is 2.28. The van der Waals surface area contributed by atoms with Crippen molar-refractivity contribution in [3.63, 3.8) is 0 Å². The number of ether oxygens (including phenoxy) is 3. The van der Waals surface area contributed by atoms with Crippen LogP contribution in [0.4, 0.5) is 0 Å². The average Bonchev–Trinajstić information content (AvgIpc) is 2.75. The van der Waals surface area contributed by atoms with Gasteiger partial charge in [-0.25, -0.2) is 4.79 Å². The monoisotopic (exact) mass is 396 g/mol. The Morgan fingerprint density at radius 1 is 1.10 bits per heavy atom. The summed E-state index contributed by atoms with van der Waals surface area (Å²) in [6, 6.07) is 16.3. The van der Waals surface area contributed by atoms with Crippen molar-refractivity contribution < 1.29 is 23.8 Å². The molecule has 2 aromatic carbocycles. The van der Waals surface area contributed by atoms with Crippen LogP contribution in [0.15, 0.2) is 48.5 Å². The summed E-state index contributed by atoms with van der Waals surface area (Å²) in [4.78, 5) is 25.7. The molecule has 0 saturated heterocycles. The molecule has 0 aliphatic carbocycles. The molecule has 7 heteroatoms. The molecule has 0 aliphatic heterocycles. The molecule has 1 amide bonds. The number of methoxy groups -OCH3 is 1. The quantitative estimate of drug-likeness (QED) is 0.637. The number of nitrogens with zero attached hydrogens (tertiary/aromatic N) is 2. The molecule has 2 rings (SSSR count). The fraction of sp³-hybridized carbons (Fsp3) is 0.318. The van der Waals surface area contributed by atoms with Gasteiger partial charge >= 0.3 is 5.97 Å². The zero-order valence-electron chi connectivity index (χ0n) is 17.0. The zero-order valence-corrected chi connectivity index (χ0v) is 17.0. The molecule has 0 unspecified atom stereocenters. The van der Waals surface area contributed by atoms with E-state index >= 15 is 0 Å². The first-order chi connectivity index (χ1) is 13.8. The predicted octanol–water partition coefficient (Wildman–Crippen LogP) is 3.19. The first-order valence-electron chi connectivity index (χ1n) is 8.98. The van der Waals surface area contributed by atoms with Gasteiger partial charge in [0.15, 0.2) is 18.1 Å². The smallest absolute Gasteiger partial charge is 0.338 e. The van der Waals surface area contributed by atoms with Crippen LogP contribution in [0.1, 0.15) is 29.8 Å². The van der Waals surface area contributed by atoms with Crippen LogP contribution in [0.2, 0.25) is 0 Å². The van der Waals surface area contributed by atoms with Gasteiger partial charge in [0, 0.05) is 7.05 Å². The van der Waals surface area contributed by atoms with Crippen molar-refractivity contribution in [2.45, 2.75) is 26.0 Å². The summed E-state index contributed by atoms with van der Waals surface area (Å²) in [5, 5.41) is 9.09. The number of esters is 1. The van der Waals surface area contributed by atoms with Gasteiger partial charge in [-0.1, -0.05) is 30.3 Å². The van der Waals surface area contributed by atoms with E-state index < -0.39 is 24.0 Å². The Morgan fingerprint density at radius 2 is 1.79 bits per heavy atom. The second-order valence-electron chi connectivity index (χ2n) is 6.84. The largest absolute Gasteiger partial charge is 0.493 e. The van der Waals surface area contributed by atoms with Gasteiger partial charge in [0.25, 0.3) is 5.91 Å². The molecule has 0 saturated carbocycles. The standard InChI is InChI=1S/C22H24N2O5/c1-22(2,15-23)24(3)20(25)14-29-21(26)17-10-11-18(19(12-17)27-4)28-13-16-8-6-5-7-9-16/h5-12H,13-14H2,1-4H3. The summed E-state index contributed by atoms with van der Waals surface area (Å²) in [7, 11) is 2.96. The van der Waals surface area contributed by atoms with Crippen molar-refractivity contribution in [2.75, 3.05) is 20.8 Å². The average molecular weight is 396 g/mol. The lowest BCUT2D eigenvalue weighted by Gasteiger charge is -2.28. The second-order valence-corrected chi connectivity index (χ2v) is 6.84. The van der Waals surface area contributed by atoms with E-state index in [1.54, 1.807) is 26.0 Å². The second kappa shape index (κ2) is 9.60. The van der Waals surface area contributed by atoms with E-state index in [2.05, 4.69) is 0 Å². The van der Waals surface area contributed by atoms with E-state index in [-0.39, 0.29) is 5.56 Å². The van der Waals surface area contributed by atoms with E-state index in [4.69, 9.17) is 19.5 Å². The number of amides is 1. The molecule has 0 atom stereocenters. The number of likely N-dealkylation sites (N-methyl/N-ethyl adjacent to an activating group) is 1. The minimum Gasteiger partial charge on any atom is -0.493 e.